The maximum Gasteiger partial charge on any atom is 0.246 e. The molecule has 1 saturated carbocycles. The lowest BCUT2D eigenvalue weighted by atomic mass is 10.1. The molecule has 1 heterocycles. The molecule has 2 aliphatic rings. The molecule has 0 radical (unpaired) electrons. The smallest absolute Gasteiger partial charge is 0.246 e. The second kappa shape index (κ2) is 6.03. The number of aliphatic hydroxyl groups excluding tert-OH is 1. The van der Waals surface area contributed by atoms with Gasteiger partial charge in [0.1, 0.15) is 6.04 Å². The van der Waals surface area contributed by atoms with E-state index in [1.165, 1.54) is 25.7 Å². The Morgan fingerprint density at radius 1 is 1.38 bits per heavy atom. The second-order valence-electron chi connectivity index (χ2n) is 5.84. The van der Waals surface area contributed by atoms with Crippen molar-refractivity contribution in [1.29, 1.82) is 0 Å². The molecular formula is C16H23N3O2. The number of amides is 1. The molecule has 1 fully saturated rings. The third kappa shape index (κ3) is 2.63. The third-order valence-corrected chi connectivity index (χ3v) is 4.59. The summed E-state index contributed by atoms with van der Waals surface area (Å²) >= 11 is 0. The van der Waals surface area contributed by atoms with Crippen LogP contribution in [0.2, 0.25) is 0 Å². The molecule has 114 valence electrons. The van der Waals surface area contributed by atoms with Gasteiger partial charge in [-0.2, -0.15) is 0 Å². The van der Waals surface area contributed by atoms with Crippen LogP contribution in [-0.2, 0) is 4.79 Å². The Morgan fingerprint density at radius 2 is 2.14 bits per heavy atom. The van der Waals surface area contributed by atoms with Crippen molar-refractivity contribution in [2.45, 2.75) is 37.8 Å². The van der Waals surface area contributed by atoms with E-state index in [1.54, 1.807) is 7.05 Å². The summed E-state index contributed by atoms with van der Waals surface area (Å²) in [4.78, 5) is 14.2. The van der Waals surface area contributed by atoms with Gasteiger partial charge in [-0.15, -0.1) is 0 Å². The zero-order valence-corrected chi connectivity index (χ0v) is 12.4. The first-order valence-corrected chi connectivity index (χ1v) is 7.74. The number of nitrogens with zero attached hydrogens (tertiary/aromatic N) is 1. The van der Waals surface area contributed by atoms with Crippen molar-refractivity contribution in [3.63, 3.8) is 0 Å². The highest BCUT2D eigenvalue weighted by Gasteiger charge is 2.30. The molecule has 3 N–H and O–H groups in total. The van der Waals surface area contributed by atoms with Crippen LogP contribution in [0.4, 0.5) is 11.4 Å². The van der Waals surface area contributed by atoms with Crippen LogP contribution in [0.25, 0.3) is 0 Å². The number of rotatable bonds is 5. The van der Waals surface area contributed by atoms with Gasteiger partial charge in [-0.05, 0) is 32.0 Å². The van der Waals surface area contributed by atoms with Crippen molar-refractivity contribution in [2.24, 2.45) is 0 Å². The van der Waals surface area contributed by atoms with Gasteiger partial charge in [0.15, 0.2) is 0 Å². The first kappa shape index (κ1) is 14.4. The molecule has 1 unspecified atom stereocenters. The molecule has 0 spiro atoms. The van der Waals surface area contributed by atoms with Crippen molar-refractivity contribution in [2.75, 3.05) is 30.4 Å². The number of anilines is 2. The van der Waals surface area contributed by atoms with Gasteiger partial charge in [0.25, 0.3) is 0 Å². The molecule has 0 bridgehead atoms. The Morgan fingerprint density at radius 3 is 2.81 bits per heavy atom. The fraction of sp³-hybridized carbons (Fsp3) is 0.562. The van der Waals surface area contributed by atoms with E-state index in [9.17, 15) is 9.90 Å². The van der Waals surface area contributed by atoms with E-state index in [-0.39, 0.29) is 18.6 Å². The molecule has 3 rings (SSSR count). The summed E-state index contributed by atoms with van der Waals surface area (Å²) in [6.07, 6.45) is 4.89. The van der Waals surface area contributed by atoms with Gasteiger partial charge in [0, 0.05) is 29.5 Å². The highest BCUT2D eigenvalue weighted by molar-refractivity contribution is 6.03. The SMILES string of the molecule is CNC1C(=O)Nc2cc(N(CCO)C3CCCC3)ccc21. The average Bonchev–Trinajstić information content (AvgIpc) is 3.10. The maximum atomic E-state index is 11.9. The van der Waals surface area contributed by atoms with E-state index in [4.69, 9.17) is 0 Å². The number of fused-ring (bicyclic) bond motifs is 1. The zero-order chi connectivity index (χ0) is 14.8. The molecule has 1 aromatic rings. The van der Waals surface area contributed by atoms with Crippen molar-refractivity contribution in [3.05, 3.63) is 23.8 Å². The minimum atomic E-state index is -0.258. The molecule has 0 aromatic heterocycles. The number of nitrogens with one attached hydrogen (secondary N) is 2. The molecule has 21 heavy (non-hydrogen) atoms. The molecule has 1 aliphatic heterocycles. The topological polar surface area (TPSA) is 64.6 Å². The monoisotopic (exact) mass is 289 g/mol. The lowest BCUT2D eigenvalue weighted by Crippen LogP contribution is -2.35. The molecule has 1 aliphatic carbocycles. The van der Waals surface area contributed by atoms with Gasteiger partial charge in [0.05, 0.1) is 6.61 Å². The van der Waals surface area contributed by atoms with Crippen LogP contribution in [-0.4, -0.2) is 37.3 Å². The Balaban J connectivity index is 1.88. The molecule has 1 amide bonds. The summed E-state index contributed by atoms with van der Waals surface area (Å²) in [5.41, 5.74) is 2.98. The first-order valence-electron chi connectivity index (χ1n) is 7.74. The number of likely N-dealkylation sites (N-methyl/N-ethyl adjacent to an activating group) is 1. The van der Waals surface area contributed by atoms with Gasteiger partial charge >= 0.3 is 0 Å². The van der Waals surface area contributed by atoms with Crippen LogP contribution in [0, 0.1) is 0 Å². The molecule has 1 aromatic carbocycles. The van der Waals surface area contributed by atoms with Crippen molar-refractivity contribution < 1.29 is 9.90 Å². The quantitative estimate of drug-likeness (QED) is 0.771. The Hall–Kier alpha value is -1.59. The van der Waals surface area contributed by atoms with Crippen LogP contribution >= 0.6 is 0 Å². The van der Waals surface area contributed by atoms with Crippen molar-refractivity contribution in [3.8, 4) is 0 Å². The lowest BCUT2D eigenvalue weighted by molar-refractivity contribution is -0.117. The highest BCUT2D eigenvalue weighted by Crippen LogP contribution is 2.36. The minimum Gasteiger partial charge on any atom is -0.395 e. The normalized spacial score (nSPS) is 21.4. The molecule has 5 nitrogen and oxygen atoms in total. The predicted octanol–water partition coefficient (Wildman–Crippen LogP) is 1.64. The van der Waals surface area contributed by atoms with Crippen molar-refractivity contribution >= 4 is 17.3 Å². The van der Waals surface area contributed by atoms with E-state index in [0.29, 0.717) is 12.6 Å². The van der Waals surface area contributed by atoms with E-state index >= 15 is 0 Å². The van der Waals surface area contributed by atoms with E-state index in [1.807, 2.05) is 12.1 Å². The maximum absolute atomic E-state index is 11.9. The Bertz CT molecular complexity index is 526. The van der Waals surface area contributed by atoms with Crippen LogP contribution in [0.3, 0.4) is 0 Å². The lowest BCUT2D eigenvalue weighted by Gasteiger charge is -2.31. The fourth-order valence-corrected chi connectivity index (χ4v) is 3.56. The summed E-state index contributed by atoms with van der Waals surface area (Å²) < 4.78 is 0. The molecular weight excluding hydrogens is 266 g/mol. The van der Waals surface area contributed by atoms with Gasteiger partial charge < -0.3 is 20.6 Å². The summed E-state index contributed by atoms with van der Waals surface area (Å²) in [6, 6.07) is 6.37. The van der Waals surface area contributed by atoms with Gasteiger partial charge in [-0.1, -0.05) is 18.9 Å². The molecule has 5 heteroatoms. The largest absolute Gasteiger partial charge is 0.395 e. The van der Waals surface area contributed by atoms with E-state index < -0.39 is 0 Å². The number of carbonyl (C=O) groups excluding carboxylic acids is 1. The number of aliphatic hydroxyl groups is 1. The Labute approximate surface area is 125 Å². The summed E-state index contributed by atoms with van der Waals surface area (Å²) in [5.74, 6) is -0.000718. The van der Waals surface area contributed by atoms with Crippen LogP contribution in [0.1, 0.15) is 37.3 Å². The van der Waals surface area contributed by atoms with Crippen LogP contribution < -0.4 is 15.5 Å². The minimum absolute atomic E-state index is 0.000718. The Kier molecular flexibility index (Phi) is 4.12. The zero-order valence-electron chi connectivity index (χ0n) is 12.4. The molecule has 0 saturated heterocycles. The fourth-order valence-electron chi connectivity index (χ4n) is 3.56. The highest BCUT2D eigenvalue weighted by atomic mass is 16.3. The summed E-state index contributed by atoms with van der Waals surface area (Å²) in [6.45, 7) is 0.798. The number of hydrogen-bond acceptors (Lipinski definition) is 4. The molecule has 1 atom stereocenters. The van der Waals surface area contributed by atoms with Gasteiger partial charge in [0.2, 0.25) is 5.91 Å². The van der Waals surface area contributed by atoms with E-state index in [2.05, 4.69) is 21.6 Å². The van der Waals surface area contributed by atoms with E-state index in [0.717, 1.165) is 16.9 Å². The van der Waals surface area contributed by atoms with Gasteiger partial charge in [-0.25, -0.2) is 0 Å². The summed E-state index contributed by atoms with van der Waals surface area (Å²) in [5, 5.41) is 15.3. The number of benzene rings is 1. The van der Waals surface area contributed by atoms with Crippen LogP contribution in [0.5, 0.6) is 0 Å². The van der Waals surface area contributed by atoms with Gasteiger partial charge in [-0.3, -0.25) is 4.79 Å². The number of hydrogen-bond donors (Lipinski definition) is 3. The summed E-state index contributed by atoms with van der Waals surface area (Å²) in [7, 11) is 1.80. The third-order valence-electron chi connectivity index (χ3n) is 4.59. The van der Waals surface area contributed by atoms with Crippen molar-refractivity contribution in [1.82, 2.24) is 5.32 Å². The second-order valence-corrected chi connectivity index (χ2v) is 5.84. The number of carbonyl (C=O) groups is 1. The van der Waals surface area contributed by atoms with Crippen LogP contribution in [0.15, 0.2) is 18.2 Å². The average molecular weight is 289 g/mol. The standard InChI is InChI=1S/C16H23N3O2/c1-17-15-13-7-6-12(10-14(13)18-16(15)21)19(8-9-20)11-4-2-3-5-11/h6-7,10-11,15,17,20H,2-5,8-9H2,1H3,(H,18,21). The first-order chi connectivity index (χ1) is 10.2. The predicted molar refractivity (Wildman–Crippen MR) is 83.6 cm³/mol.